The van der Waals surface area contributed by atoms with Gasteiger partial charge in [0.25, 0.3) is 0 Å². The minimum atomic E-state index is 0. The lowest BCUT2D eigenvalue weighted by Gasteiger charge is -2.37. The lowest BCUT2D eigenvalue weighted by Crippen LogP contribution is -2.42. The van der Waals surface area contributed by atoms with E-state index in [1.54, 1.807) is 0 Å². The van der Waals surface area contributed by atoms with Crippen LogP contribution < -0.4 is 10.6 Å². The molecule has 2 unspecified atom stereocenters. The third-order valence-electron chi connectivity index (χ3n) is 5.75. The minimum absolute atomic E-state index is 0. The number of nitrogens with two attached hydrogens (primary N) is 1. The van der Waals surface area contributed by atoms with Gasteiger partial charge in [0.1, 0.15) is 0 Å². The summed E-state index contributed by atoms with van der Waals surface area (Å²) in [6.07, 6.45) is 2.51. The highest BCUT2D eigenvalue weighted by Crippen LogP contribution is 2.27. The smallest absolute Gasteiger partial charge is 0.0411 e. The minimum Gasteiger partial charge on any atom is -0.371 e. The fourth-order valence-electron chi connectivity index (χ4n) is 4.03. The third kappa shape index (κ3) is 4.42. The van der Waals surface area contributed by atoms with E-state index in [-0.39, 0.29) is 12.4 Å². The van der Waals surface area contributed by atoms with Crippen LogP contribution in [0, 0.1) is 5.92 Å². The van der Waals surface area contributed by atoms with Gasteiger partial charge in [-0.05, 0) is 50.5 Å². The van der Waals surface area contributed by atoms with Crippen molar-refractivity contribution in [1.29, 1.82) is 0 Å². The summed E-state index contributed by atoms with van der Waals surface area (Å²) in [5, 5.41) is 0. The van der Waals surface area contributed by atoms with Gasteiger partial charge in [-0.2, -0.15) is 0 Å². The number of halogens is 1. The lowest BCUT2D eigenvalue weighted by molar-refractivity contribution is 0.252. The van der Waals surface area contributed by atoms with Gasteiger partial charge in [0, 0.05) is 44.5 Å². The summed E-state index contributed by atoms with van der Waals surface area (Å²) in [6, 6.07) is 9.90. The quantitative estimate of drug-likeness (QED) is 0.902. The van der Waals surface area contributed by atoms with Crippen LogP contribution in [0.15, 0.2) is 24.3 Å². The molecule has 2 heterocycles. The van der Waals surface area contributed by atoms with Crippen LogP contribution in [0.25, 0.3) is 0 Å². The van der Waals surface area contributed by atoms with Crippen molar-refractivity contribution in [1.82, 2.24) is 9.80 Å². The molecule has 5 heteroatoms. The molecule has 0 aromatic heterocycles. The molecule has 0 radical (unpaired) electrons. The maximum absolute atomic E-state index is 6.19. The highest BCUT2D eigenvalue weighted by Gasteiger charge is 2.28. The van der Waals surface area contributed by atoms with Crippen molar-refractivity contribution < 1.29 is 0 Å². The van der Waals surface area contributed by atoms with E-state index in [0.717, 1.165) is 19.6 Å². The Morgan fingerprint density at radius 2 is 1.83 bits per heavy atom. The van der Waals surface area contributed by atoms with Gasteiger partial charge < -0.3 is 15.5 Å². The van der Waals surface area contributed by atoms with Crippen molar-refractivity contribution in [3.05, 3.63) is 29.8 Å². The van der Waals surface area contributed by atoms with E-state index in [9.17, 15) is 0 Å². The molecule has 0 spiro atoms. The summed E-state index contributed by atoms with van der Waals surface area (Å²) in [5.41, 5.74) is 9.03. The Morgan fingerprint density at radius 3 is 2.46 bits per heavy atom. The van der Waals surface area contributed by atoms with E-state index >= 15 is 0 Å². The van der Waals surface area contributed by atoms with E-state index in [2.05, 4.69) is 60.0 Å². The van der Waals surface area contributed by atoms with Gasteiger partial charge in [-0.1, -0.05) is 25.1 Å². The summed E-state index contributed by atoms with van der Waals surface area (Å²) >= 11 is 0. The number of anilines is 1. The Balaban J connectivity index is 0.00000208. The van der Waals surface area contributed by atoms with Crippen molar-refractivity contribution in [3.8, 4) is 0 Å². The van der Waals surface area contributed by atoms with Gasteiger partial charge >= 0.3 is 0 Å². The highest BCUT2D eigenvalue weighted by atomic mass is 35.5. The fraction of sp³-hybridized carbons (Fsp3) is 0.684. The predicted molar refractivity (Wildman–Crippen MR) is 105 cm³/mol. The molecule has 24 heavy (non-hydrogen) atoms. The van der Waals surface area contributed by atoms with Crippen LogP contribution in [0.5, 0.6) is 0 Å². The maximum Gasteiger partial charge on any atom is 0.0411 e. The molecule has 0 aliphatic carbocycles. The molecule has 2 fully saturated rings. The highest BCUT2D eigenvalue weighted by molar-refractivity contribution is 5.85. The topological polar surface area (TPSA) is 35.7 Å². The molecule has 136 valence electrons. The fourth-order valence-corrected chi connectivity index (χ4v) is 4.03. The Labute approximate surface area is 153 Å². The normalized spacial score (nSPS) is 26.3. The first-order valence-electron chi connectivity index (χ1n) is 9.02. The second-order valence-corrected chi connectivity index (χ2v) is 7.61. The van der Waals surface area contributed by atoms with Gasteiger partial charge in [0.2, 0.25) is 0 Å². The second-order valence-electron chi connectivity index (χ2n) is 7.61. The molecule has 2 saturated heterocycles. The zero-order chi connectivity index (χ0) is 16.4. The third-order valence-corrected chi connectivity index (χ3v) is 5.75. The number of nitrogens with zero attached hydrogens (tertiary/aromatic N) is 3. The Hall–Kier alpha value is -0.810. The molecule has 2 atom stereocenters. The van der Waals surface area contributed by atoms with Crippen LogP contribution >= 0.6 is 12.4 Å². The van der Waals surface area contributed by atoms with Crippen LogP contribution in [0.3, 0.4) is 0 Å². The van der Waals surface area contributed by atoms with E-state index in [0.29, 0.717) is 18.0 Å². The van der Waals surface area contributed by atoms with Crippen molar-refractivity contribution in [2.24, 2.45) is 11.7 Å². The molecular formula is C19H33ClN4. The van der Waals surface area contributed by atoms with Gasteiger partial charge in [0.05, 0.1) is 0 Å². The molecule has 0 saturated carbocycles. The Bertz CT molecular complexity index is 506. The molecule has 0 bridgehead atoms. The molecule has 4 nitrogen and oxygen atoms in total. The molecule has 3 rings (SSSR count). The molecular weight excluding hydrogens is 320 g/mol. The van der Waals surface area contributed by atoms with Crippen LogP contribution in [-0.2, 0) is 6.54 Å². The van der Waals surface area contributed by atoms with Gasteiger partial charge in [0.15, 0.2) is 0 Å². The number of benzene rings is 1. The van der Waals surface area contributed by atoms with Gasteiger partial charge in [-0.3, -0.25) is 4.90 Å². The average Bonchev–Trinajstić information content (AvgIpc) is 2.86. The van der Waals surface area contributed by atoms with Crippen molar-refractivity contribution >= 4 is 18.1 Å². The SMILES string of the molecule is CC1CN(Cc2ccccc2N(C)C2CCN(C)CC2)CC1N.Cl. The molecule has 1 aromatic carbocycles. The molecule has 0 amide bonds. The van der Waals surface area contributed by atoms with Crippen molar-refractivity contribution in [2.45, 2.75) is 38.4 Å². The van der Waals surface area contributed by atoms with E-state index in [1.807, 2.05) is 0 Å². The molecule has 2 aliphatic heterocycles. The summed E-state index contributed by atoms with van der Waals surface area (Å²) in [5.74, 6) is 0.605. The van der Waals surface area contributed by atoms with Gasteiger partial charge in [-0.15, -0.1) is 12.4 Å². The zero-order valence-electron chi connectivity index (χ0n) is 15.3. The Kier molecular flexibility index (Phi) is 6.93. The number of likely N-dealkylation sites (tertiary alicyclic amines) is 2. The van der Waals surface area contributed by atoms with Crippen LogP contribution in [-0.4, -0.2) is 62.2 Å². The number of rotatable bonds is 4. The maximum atomic E-state index is 6.19. The van der Waals surface area contributed by atoms with E-state index in [4.69, 9.17) is 5.73 Å². The summed E-state index contributed by atoms with van der Waals surface area (Å²) in [7, 11) is 4.50. The number of piperidine rings is 1. The largest absolute Gasteiger partial charge is 0.371 e. The first-order chi connectivity index (χ1) is 11.0. The second kappa shape index (κ2) is 8.52. The van der Waals surface area contributed by atoms with Crippen LogP contribution in [0.1, 0.15) is 25.3 Å². The summed E-state index contributed by atoms with van der Waals surface area (Å²) in [6.45, 7) is 7.83. The lowest BCUT2D eigenvalue weighted by atomic mass is 10.0. The first kappa shape index (κ1) is 19.5. The van der Waals surface area contributed by atoms with E-state index < -0.39 is 0 Å². The van der Waals surface area contributed by atoms with Crippen LogP contribution in [0.4, 0.5) is 5.69 Å². The summed E-state index contributed by atoms with van der Waals surface area (Å²) in [4.78, 5) is 7.46. The zero-order valence-corrected chi connectivity index (χ0v) is 16.1. The van der Waals surface area contributed by atoms with Crippen LogP contribution in [0.2, 0.25) is 0 Å². The number of para-hydroxylation sites is 1. The van der Waals surface area contributed by atoms with Gasteiger partial charge in [-0.25, -0.2) is 0 Å². The molecule has 2 aliphatic rings. The summed E-state index contributed by atoms with van der Waals surface area (Å²) < 4.78 is 0. The predicted octanol–water partition coefficient (Wildman–Crippen LogP) is 2.42. The molecule has 2 N–H and O–H groups in total. The first-order valence-corrected chi connectivity index (χ1v) is 9.02. The average molecular weight is 353 g/mol. The monoisotopic (exact) mass is 352 g/mol. The van der Waals surface area contributed by atoms with E-state index in [1.165, 1.54) is 37.2 Å². The van der Waals surface area contributed by atoms with Crippen molar-refractivity contribution in [3.63, 3.8) is 0 Å². The Morgan fingerprint density at radius 1 is 1.17 bits per heavy atom. The number of hydrogen-bond donors (Lipinski definition) is 1. The number of hydrogen-bond acceptors (Lipinski definition) is 4. The standard InChI is InChI=1S/C19H32N4.ClH/c1-15-12-23(14-18(15)20)13-16-6-4-5-7-19(16)22(3)17-8-10-21(2)11-9-17;/h4-7,15,17-18H,8-14,20H2,1-3H3;1H. The molecule has 1 aromatic rings. The van der Waals surface area contributed by atoms with Crippen molar-refractivity contribution in [2.75, 3.05) is 45.2 Å².